The van der Waals surface area contributed by atoms with E-state index in [9.17, 15) is 14.4 Å². The van der Waals surface area contributed by atoms with Crippen molar-refractivity contribution in [1.82, 2.24) is 10.2 Å². The minimum absolute atomic E-state index is 0.0613. The fraction of sp³-hybridized carbons (Fsp3) is 0.423. The highest BCUT2D eigenvalue weighted by atomic mass is 16.5. The Kier molecular flexibility index (Phi) is 6.61. The van der Waals surface area contributed by atoms with Gasteiger partial charge in [-0.1, -0.05) is 62.4 Å². The molecule has 2 aliphatic rings. The molecule has 0 spiro atoms. The predicted molar refractivity (Wildman–Crippen MR) is 125 cm³/mol. The molecule has 2 aromatic carbocycles. The topological polar surface area (TPSA) is 105 Å². The first-order valence-electron chi connectivity index (χ1n) is 11.4. The maximum Gasteiger partial charge on any atom is 0.407 e. The maximum atomic E-state index is 13.0. The Hall–Kier alpha value is -3.39. The molecule has 4 rings (SSSR count). The molecule has 1 fully saturated rings. The molecule has 8 heteroatoms. The molecular formula is C26H30N2O6. The highest BCUT2D eigenvalue weighted by molar-refractivity contribution is 5.87. The first kappa shape index (κ1) is 23.8. The third-order valence-electron chi connectivity index (χ3n) is 6.46. The predicted octanol–water partition coefficient (Wildman–Crippen LogP) is 3.25. The first-order valence-corrected chi connectivity index (χ1v) is 11.4. The number of alkyl carbamates (subject to hydrolysis) is 1. The molecule has 1 aliphatic carbocycles. The molecule has 0 radical (unpaired) electrons. The fourth-order valence-electron chi connectivity index (χ4n) is 4.72. The van der Waals surface area contributed by atoms with E-state index in [0.29, 0.717) is 0 Å². The van der Waals surface area contributed by atoms with E-state index in [1.54, 1.807) is 11.8 Å². The van der Waals surface area contributed by atoms with Gasteiger partial charge in [-0.25, -0.2) is 9.59 Å². The highest BCUT2D eigenvalue weighted by Gasteiger charge is 2.45. The molecular weight excluding hydrogens is 436 g/mol. The van der Waals surface area contributed by atoms with E-state index in [1.165, 1.54) is 0 Å². The lowest BCUT2D eigenvalue weighted by molar-refractivity contribution is -0.175. The van der Waals surface area contributed by atoms with Crippen molar-refractivity contribution in [2.75, 3.05) is 26.3 Å². The van der Waals surface area contributed by atoms with Crippen LogP contribution >= 0.6 is 0 Å². The molecule has 1 heterocycles. The number of nitrogens with zero attached hydrogens (tertiary/aromatic N) is 1. The Morgan fingerprint density at radius 3 is 2.15 bits per heavy atom. The molecule has 1 aliphatic heterocycles. The Morgan fingerprint density at radius 2 is 1.62 bits per heavy atom. The Balaban J connectivity index is 1.35. The number of carbonyl (C=O) groups excluding carboxylic acids is 2. The number of aliphatic carboxylic acids is 1. The number of ether oxygens (including phenoxy) is 2. The number of nitrogens with one attached hydrogen (secondary N) is 1. The van der Waals surface area contributed by atoms with E-state index in [-0.39, 0.29) is 37.4 Å². The van der Waals surface area contributed by atoms with Crippen LogP contribution in [-0.2, 0) is 19.1 Å². The van der Waals surface area contributed by atoms with Crippen molar-refractivity contribution >= 4 is 18.0 Å². The lowest BCUT2D eigenvalue weighted by atomic mass is 9.93. The molecule has 0 aromatic heterocycles. The monoisotopic (exact) mass is 466 g/mol. The lowest BCUT2D eigenvalue weighted by Crippen LogP contribution is -2.67. The Bertz CT molecular complexity index is 1050. The van der Waals surface area contributed by atoms with Crippen LogP contribution in [0.3, 0.4) is 0 Å². The number of fused-ring (bicyclic) bond motifs is 3. The van der Waals surface area contributed by atoms with Crippen molar-refractivity contribution < 1.29 is 29.0 Å². The van der Waals surface area contributed by atoms with Crippen LogP contribution in [0.5, 0.6) is 0 Å². The van der Waals surface area contributed by atoms with Gasteiger partial charge in [0.1, 0.15) is 24.9 Å². The summed E-state index contributed by atoms with van der Waals surface area (Å²) in [5.41, 5.74) is 3.84. The zero-order chi connectivity index (χ0) is 24.5. The average molecular weight is 467 g/mol. The summed E-state index contributed by atoms with van der Waals surface area (Å²) in [7, 11) is 0. The zero-order valence-corrected chi connectivity index (χ0v) is 19.6. The second kappa shape index (κ2) is 9.46. The molecule has 1 unspecified atom stereocenters. The van der Waals surface area contributed by atoms with Crippen LogP contribution in [0.25, 0.3) is 11.1 Å². The van der Waals surface area contributed by atoms with Crippen molar-refractivity contribution in [3.05, 3.63) is 59.7 Å². The fourth-order valence-corrected chi connectivity index (χ4v) is 4.72. The van der Waals surface area contributed by atoms with Crippen molar-refractivity contribution in [3.63, 3.8) is 0 Å². The van der Waals surface area contributed by atoms with Gasteiger partial charge in [0.25, 0.3) is 0 Å². The van der Waals surface area contributed by atoms with E-state index >= 15 is 0 Å². The highest BCUT2D eigenvalue weighted by Crippen LogP contribution is 2.44. The zero-order valence-electron chi connectivity index (χ0n) is 19.6. The van der Waals surface area contributed by atoms with Gasteiger partial charge in [-0.15, -0.1) is 0 Å². The summed E-state index contributed by atoms with van der Waals surface area (Å²) in [6.07, 6.45) is -0.640. The quantitative estimate of drug-likeness (QED) is 0.619. The lowest BCUT2D eigenvalue weighted by Gasteiger charge is -2.48. The van der Waals surface area contributed by atoms with Gasteiger partial charge in [0.15, 0.2) is 0 Å². The van der Waals surface area contributed by atoms with Gasteiger partial charge >= 0.3 is 12.1 Å². The van der Waals surface area contributed by atoms with Crippen LogP contribution in [0, 0.1) is 5.92 Å². The van der Waals surface area contributed by atoms with Gasteiger partial charge in [-0.2, -0.15) is 0 Å². The molecule has 34 heavy (non-hydrogen) atoms. The number of likely N-dealkylation sites (tertiary alicyclic amines) is 1. The number of amides is 2. The molecule has 0 saturated carbocycles. The number of hydrogen-bond acceptors (Lipinski definition) is 5. The number of carboxylic acid groups (broad SMARTS) is 1. The average Bonchev–Trinajstić information content (AvgIpc) is 3.11. The van der Waals surface area contributed by atoms with Crippen LogP contribution in [-0.4, -0.2) is 65.9 Å². The van der Waals surface area contributed by atoms with Crippen LogP contribution in [0.4, 0.5) is 4.79 Å². The van der Waals surface area contributed by atoms with E-state index in [0.717, 1.165) is 22.3 Å². The maximum absolute atomic E-state index is 13.0. The van der Waals surface area contributed by atoms with E-state index < -0.39 is 30.3 Å². The molecule has 2 aromatic rings. The van der Waals surface area contributed by atoms with Crippen LogP contribution in [0.1, 0.15) is 37.8 Å². The number of benzene rings is 2. The standard InChI is InChI=1S/C26H30N2O6/c1-16(2)23(24(31)28-14-26(3,15-28)34-13-22(29)30)27-25(32)33-12-21-19-10-6-4-8-17(19)18-9-5-7-11-20(18)21/h4-11,16,21,23H,12-15H2,1-3H3,(H,27,32)(H,29,30). The van der Waals surface area contributed by atoms with Crippen LogP contribution in [0.15, 0.2) is 48.5 Å². The molecule has 2 amide bonds. The number of carboxylic acids is 1. The summed E-state index contributed by atoms with van der Waals surface area (Å²) >= 11 is 0. The molecule has 1 saturated heterocycles. The summed E-state index contributed by atoms with van der Waals surface area (Å²) in [6.45, 7) is 5.78. The van der Waals surface area contributed by atoms with Gasteiger partial charge in [0.05, 0.1) is 13.1 Å². The van der Waals surface area contributed by atoms with Crippen LogP contribution < -0.4 is 5.32 Å². The minimum atomic E-state index is -1.05. The largest absolute Gasteiger partial charge is 0.480 e. The van der Waals surface area contributed by atoms with Gasteiger partial charge in [0.2, 0.25) is 5.91 Å². The van der Waals surface area contributed by atoms with Gasteiger partial charge in [0, 0.05) is 5.92 Å². The molecule has 0 bridgehead atoms. The smallest absolute Gasteiger partial charge is 0.407 e. The second-order valence-electron chi connectivity index (χ2n) is 9.52. The van der Waals surface area contributed by atoms with Crippen molar-refractivity contribution in [2.45, 2.75) is 38.3 Å². The van der Waals surface area contributed by atoms with Crippen molar-refractivity contribution in [3.8, 4) is 11.1 Å². The Morgan fingerprint density at radius 1 is 1.06 bits per heavy atom. The SMILES string of the molecule is CC(C)C(NC(=O)OCC1c2ccccc2-c2ccccc21)C(=O)N1CC(C)(OCC(=O)O)C1. The Labute approximate surface area is 198 Å². The normalized spacial score (nSPS) is 16.9. The van der Waals surface area contributed by atoms with Crippen LogP contribution in [0.2, 0.25) is 0 Å². The van der Waals surface area contributed by atoms with Gasteiger partial charge in [-0.3, -0.25) is 4.79 Å². The van der Waals surface area contributed by atoms with E-state index in [1.807, 2.05) is 38.1 Å². The van der Waals surface area contributed by atoms with Crippen molar-refractivity contribution in [2.24, 2.45) is 5.92 Å². The minimum Gasteiger partial charge on any atom is -0.480 e. The molecule has 8 nitrogen and oxygen atoms in total. The molecule has 1 atom stereocenters. The second-order valence-corrected chi connectivity index (χ2v) is 9.52. The molecule has 2 N–H and O–H groups in total. The van der Waals surface area contributed by atoms with Crippen molar-refractivity contribution in [1.29, 1.82) is 0 Å². The summed E-state index contributed by atoms with van der Waals surface area (Å²) in [4.78, 5) is 38.0. The summed E-state index contributed by atoms with van der Waals surface area (Å²) < 4.78 is 11.0. The first-order chi connectivity index (χ1) is 16.2. The van der Waals surface area contributed by atoms with E-state index in [4.69, 9.17) is 14.6 Å². The van der Waals surface area contributed by atoms with E-state index in [2.05, 4.69) is 29.6 Å². The number of carbonyl (C=O) groups is 3. The number of rotatable bonds is 8. The van der Waals surface area contributed by atoms with Gasteiger partial charge < -0.3 is 24.8 Å². The third-order valence-corrected chi connectivity index (χ3v) is 6.46. The molecule has 180 valence electrons. The summed E-state index contributed by atoms with van der Waals surface area (Å²) in [5.74, 6) is -1.50. The summed E-state index contributed by atoms with van der Waals surface area (Å²) in [5, 5.41) is 11.5. The third kappa shape index (κ3) is 4.77. The number of hydrogen-bond donors (Lipinski definition) is 2. The summed E-state index contributed by atoms with van der Waals surface area (Å²) in [6, 6.07) is 15.4. The van der Waals surface area contributed by atoms with Gasteiger partial charge in [-0.05, 0) is 35.1 Å².